The number of aryl methyl sites for hydroxylation is 1. The molecule has 0 fully saturated rings. The summed E-state index contributed by atoms with van der Waals surface area (Å²) in [6.45, 7) is 4.23. The average molecular weight is 339 g/mol. The summed E-state index contributed by atoms with van der Waals surface area (Å²) < 4.78 is 0. The Kier molecular flexibility index (Phi) is 4.36. The van der Waals surface area contributed by atoms with Crippen molar-refractivity contribution in [3.05, 3.63) is 90.0 Å². The molecule has 4 rings (SSSR count). The van der Waals surface area contributed by atoms with Gasteiger partial charge in [0.25, 0.3) is 0 Å². The van der Waals surface area contributed by atoms with E-state index in [9.17, 15) is 0 Å². The van der Waals surface area contributed by atoms with E-state index >= 15 is 0 Å². The lowest BCUT2D eigenvalue weighted by molar-refractivity contribution is 0.876. The molecule has 3 heteroatoms. The van der Waals surface area contributed by atoms with Gasteiger partial charge < -0.3 is 5.32 Å². The lowest BCUT2D eigenvalue weighted by Gasteiger charge is -2.17. The summed E-state index contributed by atoms with van der Waals surface area (Å²) in [7, 11) is 0. The van der Waals surface area contributed by atoms with E-state index in [4.69, 9.17) is 9.97 Å². The van der Waals surface area contributed by atoms with Gasteiger partial charge in [0.05, 0.1) is 5.52 Å². The van der Waals surface area contributed by atoms with Crippen molar-refractivity contribution in [3.8, 4) is 11.4 Å². The Morgan fingerprint density at radius 2 is 1.46 bits per heavy atom. The number of anilines is 1. The summed E-state index contributed by atoms with van der Waals surface area (Å²) in [5, 5.41) is 4.61. The molecule has 0 aliphatic heterocycles. The van der Waals surface area contributed by atoms with E-state index in [-0.39, 0.29) is 6.04 Å². The van der Waals surface area contributed by atoms with Gasteiger partial charge >= 0.3 is 0 Å². The normalized spacial score (nSPS) is 12.1. The highest BCUT2D eigenvalue weighted by Gasteiger charge is 2.12. The van der Waals surface area contributed by atoms with Crippen LogP contribution in [0, 0.1) is 6.92 Å². The summed E-state index contributed by atoms with van der Waals surface area (Å²) in [6.07, 6.45) is 0. The Labute approximate surface area is 153 Å². The topological polar surface area (TPSA) is 37.8 Å². The van der Waals surface area contributed by atoms with Crippen molar-refractivity contribution in [3.63, 3.8) is 0 Å². The predicted molar refractivity (Wildman–Crippen MR) is 108 cm³/mol. The van der Waals surface area contributed by atoms with Crippen LogP contribution in [0.5, 0.6) is 0 Å². The highest BCUT2D eigenvalue weighted by atomic mass is 15.0. The number of hydrogen-bond donors (Lipinski definition) is 1. The van der Waals surface area contributed by atoms with Crippen LogP contribution in [-0.4, -0.2) is 9.97 Å². The van der Waals surface area contributed by atoms with Gasteiger partial charge in [-0.25, -0.2) is 9.97 Å². The molecule has 0 spiro atoms. The fourth-order valence-corrected chi connectivity index (χ4v) is 3.05. The number of rotatable bonds is 4. The molecule has 0 aliphatic carbocycles. The first kappa shape index (κ1) is 16.3. The van der Waals surface area contributed by atoms with E-state index in [0.29, 0.717) is 0 Å². The molecule has 1 heterocycles. The van der Waals surface area contributed by atoms with Gasteiger partial charge in [-0.1, -0.05) is 72.3 Å². The molecule has 0 unspecified atom stereocenters. The molecule has 26 heavy (non-hydrogen) atoms. The second kappa shape index (κ2) is 6.96. The number of para-hydroxylation sites is 1. The van der Waals surface area contributed by atoms with Gasteiger partial charge in [0.2, 0.25) is 0 Å². The molecule has 0 saturated heterocycles. The van der Waals surface area contributed by atoms with Gasteiger partial charge in [0, 0.05) is 17.0 Å². The molecule has 0 saturated carbocycles. The van der Waals surface area contributed by atoms with Crippen LogP contribution in [0.25, 0.3) is 22.3 Å². The minimum atomic E-state index is 0.153. The quantitative estimate of drug-likeness (QED) is 0.512. The number of fused-ring (bicyclic) bond motifs is 1. The lowest BCUT2D eigenvalue weighted by atomic mass is 10.1. The van der Waals surface area contributed by atoms with Crippen molar-refractivity contribution >= 4 is 16.7 Å². The van der Waals surface area contributed by atoms with Gasteiger partial charge in [0.15, 0.2) is 5.82 Å². The highest BCUT2D eigenvalue weighted by molar-refractivity contribution is 5.90. The van der Waals surface area contributed by atoms with Gasteiger partial charge in [-0.2, -0.15) is 0 Å². The summed E-state index contributed by atoms with van der Waals surface area (Å²) in [4.78, 5) is 9.61. The van der Waals surface area contributed by atoms with Crippen LogP contribution in [-0.2, 0) is 0 Å². The van der Waals surface area contributed by atoms with Crippen molar-refractivity contribution in [1.29, 1.82) is 0 Å². The van der Waals surface area contributed by atoms with Crippen LogP contribution in [0.2, 0.25) is 0 Å². The predicted octanol–water partition coefficient (Wildman–Crippen LogP) is 5.78. The van der Waals surface area contributed by atoms with Crippen molar-refractivity contribution < 1.29 is 0 Å². The first-order valence-corrected chi connectivity index (χ1v) is 8.86. The minimum absolute atomic E-state index is 0.153. The van der Waals surface area contributed by atoms with Crippen molar-refractivity contribution in [2.75, 3.05) is 5.32 Å². The first-order chi connectivity index (χ1) is 12.7. The third-order valence-corrected chi connectivity index (χ3v) is 4.57. The van der Waals surface area contributed by atoms with E-state index in [2.05, 4.69) is 73.8 Å². The fourth-order valence-electron chi connectivity index (χ4n) is 3.05. The van der Waals surface area contributed by atoms with E-state index < -0.39 is 0 Å². The maximum atomic E-state index is 4.84. The second-order valence-electron chi connectivity index (χ2n) is 6.56. The number of aromatic nitrogens is 2. The molecule has 0 bridgehead atoms. The molecule has 0 radical (unpaired) electrons. The van der Waals surface area contributed by atoms with E-state index in [1.165, 1.54) is 11.1 Å². The maximum absolute atomic E-state index is 4.84. The van der Waals surface area contributed by atoms with Crippen LogP contribution in [0.3, 0.4) is 0 Å². The third-order valence-electron chi connectivity index (χ3n) is 4.57. The number of nitrogens with zero attached hydrogens (tertiary/aromatic N) is 2. The van der Waals surface area contributed by atoms with E-state index in [1.54, 1.807) is 0 Å². The smallest absolute Gasteiger partial charge is 0.162 e. The Morgan fingerprint density at radius 1 is 0.769 bits per heavy atom. The monoisotopic (exact) mass is 339 g/mol. The molecule has 0 aliphatic rings. The summed E-state index contributed by atoms with van der Waals surface area (Å²) in [5.41, 5.74) is 4.43. The molecule has 1 aromatic heterocycles. The zero-order valence-electron chi connectivity index (χ0n) is 15.0. The molecule has 3 nitrogen and oxygen atoms in total. The second-order valence-corrected chi connectivity index (χ2v) is 6.56. The van der Waals surface area contributed by atoms with Crippen LogP contribution >= 0.6 is 0 Å². The molecule has 128 valence electrons. The van der Waals surface area contributed by atoms with Crippen molar-refractivity contribution in [1.82, 2.24) is 9.97 Å². The van der Waals surface area contributed by atoms with Crippen molar-refractivity contribution in [2.24, 2.45) is 0 Å². The van der Waals surface area contributed by atoms with Crippen LogP contribution < -0.4 is 5.32 Å². The molecule has 1 atom stereocenters. The van der Waals surface area contributed by atoms with Gasteiger partial charge in [0.1, 0.15) is 5.82 Å². The number of nitrogens with one attached hydrogen (secondary N) is 1. The Morgan fingerprint density at radius 3 is 2.23 bits per heavy atom. The highest BCUT2D eigenvalue weighted by Crippen LogP contribution is 2.27. The standard InChI is InChI=1S/C23H21N3/c1-16-12-14-19(15-13-16)22-25-21-11-7-6-10-20(21)23(26-22)24-17(2)18-8-4-3-5-9-18/h3-15,17H,1-2H3,(H,24,25,26)/t17-/m1/s1. The fraction of sp³-hybridized carbons (Fsp3) is 0.130. The van der Waals surface area contributed by atoms with Crippen molar-refractivity contribution in [2.45, 2.75) is 19.9 Å². The zero-order chi connectivity index (χ0) is 17.9. The first-order valence-electron chi connectivity index (χ1n) is 8.86. The summed E-state index contributed by atoms with van der Waals surface area (Å²) in [6, 6.07) is 27.0. The molecule has 0 amide bonds. The Bertz CT molecular complexity index is 1020. The van der Waals surface area contributed by atoms with Crippen LogP contribution in [0.4, 0.5) is 5.82 Å². The number of hydrogen-bond acceptors (Lipinski definition) is 3. The minimum Gasteiger partial charge on any atom is -0.363 e. The maximum Gasteiger partial charge on any atom is 0.162 e. The average Bonchev–Trinajstić information content (AvgIpc) is 2.69. The Balaban J connectivity index is 1.78. The lowest BCUT2D eigenvalue weighted by Crippen LogP contribution is -2.09. The molecule has 3 aromatic carbocycles. The summed E-state index contributed by atoms with van der Waals surface area (Å²) in [5.74, 6) is 1.61. The van der Waals surface area contributed by atoms with Crippen LogP contribution in [0.1, 0.15) is 24.1 Å². The molecule has 1 N–H and O–H groups in total. The van der Waals surface area contributed by atoms with E-state index in [1.807, 2.05) is 24.3 Å². The van der Waals surface area contributed by atoms with Gasteiger partial charge in [-0.3, -0.25) is 0 Å². The van der Waals surface area contributed by atoms with Gasteiger partial charge in [-0.05, 0) is 31.5 Å². The third kappa shape index (κ3) is 3.29. The van der Waals surface area contributed by atoms with E-state index in [0.717, 1.165) is 28.1 Å². The zero-order valence-corrected chi connectivity index (χ0v) is 15.0. The van der Waals surface area contributed by atoms with Gasteiger partial charge in [-0.15, -0.1) is 0 Å². The number of benzene rings is 3. The molecular weight excluding hydrogens is 318 g/mol. The largest absolute Gasteiger partial charge is 0.363 e. The summed E-state index contributed by atoms with van der Waals surface area (Å²) >= 11 is 0. The van der Waals surface area contributed by atoms with Crippen LogP contribution in [0.15, 0.2) is 78.9 Å². The molecular formula is C23H21N3. The molecule has 4 aromatic rings. The SMILES string of the molecule is Cc1ccc(-c2nc(N[C@H](C)c3ccccc3)c3ccccc3n2)cc1. The Hall–Kier alpha value is -3.20.